The van der Waals surface area contributed by atoms with Crippen LogP contribution in [0.1, 0.15) is 10.4 Å². The highest BCUT2D eigenvalue weighted by atomic mass is 32.2. The van der Waals surface area contributed by atoms with Gasteiger partial charge >= 0.3 is 0 Å². The van der Waals surface area contributed by atoms with Gasteiger partial charge in [0.25, 0.3) is 5.91 Å². The van der Waals surface area contributed by atoms with Crippen molar-refractivity contribution in [1.82, 2.24) is 9.88 Å². The zero-order valence-corrected chi connectivity index (χ0v) is 10.7. The van der Waals surface area contributed by atoms with Gasteiger partial charge in [0.2, 0.25) is 0 Å². The summed E-state index contributed by atoms with van der Waals surface area (Å²) in [7, 11) is 3.60. The number of amides is 1. The minimum absolute atomic E-state index is 0.0351. The zero-order chi connectivity index (χ0) is 12.0. The highest BCUT2D eigenvalue weighted by Gasteiger charge is 2.11. The number of nitrogens with one attached hydrogen (secondary N) is 1. The highest BCUT2D eigenvalue weighted by Crippen LogP contribution is 2.08. The molecule has 1 aromatic heterocycles. The maximum atomic E-state index is 12.0. The summed E-state index contributed by atoms with van der Waals surface area (Å²) in [4.78, 5) is 17.8. The van der Waals surface area contributed by atoms with E-state index in [1.54, 1.807) is 42.0 Å². The van der Waals surface area contributed by atoms with Gasteiger partial charge in [0, 0.05) is 38.2 Å². The molecule has 0 fully saturated rings. The molecular formula is C11H17N3OS. The van der Waals surface area contributed by atoms with E-state index in [4.69, 9.17) is 0 Å². The second kappa shape index (κ2) is 6.37. The Morgan fingerprint density at radius 3 is 3.00 bits per heavy atom. The number of nitrogens with zero attached hydrogens (tertiary/aromatic N) is 2. The molecule has 0 aliphatic heterocycles. The molecule has 0 aliphatic rings. The van der Waals surface area contributed by atoms with Crippen LogP contribution in [-0.4, -0.2) is 48.4 Å². The van der Waals surface area contributed by atoms with E-state index in [9.17, 15) is 4.79 Å². The summed E-state index contributed by atoms with van der Waals surface area (Å²) in [6, 6.07) is 3.50. The first-order chi connectivity index (χ1) is 7.69. The Kier molecular flexibility index (Phi) is 5.11. The Hall–Kier alpha value is -1.23. The van der Waals surface area contributed by atoms with Gasteiger partial charge in [-0.2, -0.15) is 11.8 Å². The molecule has 1 amide bonds. The summed E-state index contributed by atoms with van der Waals surface area (Å²) < 4.78 is 0. The van der Waals surface area contributed by atoms with Gasteiger partial charge in [-0.05, 0) is 18.4 Å². The number of thioether (sulfide) groups is 1. The number of pyridine rings is 1. The quantitative estimate of drug-likeness (QED) is 0.847. The number of aromatic nitrogens is 1. The SMILES string of the molecule is CNc1cc(C(=O)N(C)CCSC)ccn1. The van der Waals surface area contributed by atoms with E-state index in [1.807, 2.05) is 13.3 Å². The number of anilines is 1. The molecule has 88 valence electrons. The zero-order valence-electron chi connectivity index (χ0n) is 9.86. The fraction of sp³-hybridized carbons (Fsp3) is 0.455. The predicted molar refractivity (Wildman–Crippen MR) is 69.1 cm³/mol. The van der Waals surface area contributed by atoms with Crippen molar-refractivity contribution in [2.24, 2.45) is 0 Å². The summed E-state index contributed by atoms with van der Waals surface area (Å²) in [5.41, 5.74) is 0.669. The lowest BCUT2D eigenvalue weighted by molar-refractivity contribution is 0.0803. The summed E-state index contributed by atoms with van der Waals surface area (Å²) in [5.74, 6) is 1.70. The summed E-state index contributed by atoms with van der Waals surface area (Å²) in [6.07, 6.45) is 3.67. The molecule has 16 heavy (non-hydrogen) atoms. The highest BCUT2D eigenvalue weighted by molar-refractivity contribution is 7.98. The molecule has 5 heteroatoms. The monoisotopic (exact) mass is 239 g/mol. The maximum Gasteiger partial charge on any atom is 0.253 e. The first-order valence-electron chi connectivity index (χ1n) is 5.07. The van der Waals surface area contributed by atoms with Gasteiger partial charge in [-0.25, -0.2) is 4.98 Å². The number of hydrogen-bond donors (Lipinski definition) is 1. The van der Waals surface area contributed by atoms with Crippen molar-refractivity contribution in [3.05, 3.63) is 23.9 Å². The molecule has 0 bridgehead atoms. The third kappa shape index (κ3) is 3.41. The van der Waals surface area contributed by atoms with Crippen LogP contribution in [-0.2, 0) is 0 Å². The molecule has 1 aromatic rings. The predicted octanol–water partition coefficient (Wildman–Crippen LogP) is 1.56. The van der Waals surface area contributed by atoms with Crippen molar-refractivity contribution in [1.29, 1.82) is 0 Å². The molecule has 0 radical (unpaired) electrons. The molecule has 1 N–H and O–H groups in total. The Labute approximate surface area is 100 Å². The second-order valence-electron chi connectivity index (χ2n) is 3.40. The lowest BCUT2D eigenvalue weighted by Crippen LogP contribution is -2.28. The third-order valence-electron chi connectivity index (χ3n) is 2.24. The third-order valence-corrected chi connectivity index (χ3v) is 2.83. The van der Waals surface area contributed by atoms with E-state index in [-0.39, 0.29) is 5.91 Å². The van der Waals surface area contributed by atoms with Crippen LogP contribution in [0.2, 0.25) is 0 Å². The van der Waals surface area contributed by atoms with Gasteiger partial charge in [-0.1, -0.05) is 0 Å². The van der Waals surface area contributed by atoms with Gasteiger partial charge in [0.15, 0.2) is 0 Å². The lowest BCUT2D eigenvalue weighted by Gasteiger charge is -2.16. The fourth-order valence-corrected chi connectivity index (χ4v) is 1.71. The van der Waals surface area contributed by atoms with Crippen LogP contribution in [0, 0.1) is 0 Å². The van der Waals surface area contributed by atoms with Gasteiger partial charge < -0.3 is 10.2 Å². The van der Waals surface area contributed by atoms with Crippen LogP contribution in [0.4, 0.5) is 5.82 Å². The summed E-state index contributed by atoms with van der Waals surface area (Å²) >= 11 is 1.73. The van der Waals surface area contributed by atoms with Crippen LogP contribution < -0.4 is 5.32 Å². The Morgan fingerprint density at radius 1 is 1.62 bits per heavy atom. The van der Waals surface area contributed by atoms with Crippen LogP contribution in [0.25, 0.3) is 0 Å². The van der Waals surface area contributed by atoms with Crippen molar-refractivity contribution in [3.63, 3.8) is 0 Å². The van der Waals surface area contributed by atoms with Crippen LogP contribution >= 0.6 is 11.8 Å². The molecule has 1 heterocycles. The van der Waals surface area contributed by atoms with Gasteiger partial charge in [-0.15, -0.1) is 0 Å². The molecular weight excluding hydrogens is 222 g/mol. The normalized spacial score (nSPS) is 9.94. The Bertz CT molecular complexity index is 357. The molecule has 0 atom stereocenters. The van der Waals surface area contributed by atoms with E-state index in [1.165, 1.54) is 0 Å². The molecule has 0 spiro atoms. The van der Waals surface area contributed by atoms with E-state index >= 15 is 0 Å². The molecule has 0 aliphatic carbocycles. The van der Waals surface area contributed by atoms with Crippen molar-refractivity contribution >= 4 is 23.5 Å². The van der Waals surface area contributed by atoms with Gasteiger partial charge in [-0.3, -0.25) is 4.79 Å². The summed E-state index contributed by atoms with van der Waals surface area (Å²) in [6.45, 7) is 0.761. The van der Waals surface area contributed by atoms with E-state index in [0.29, 0.717) is 11.4 Å². The van der Waals surface area contributed by atoms with Crippen molar-refractivity contribution in [3.8, 4) is 0 Å². The Balaban J connectivity index is 2.71. The first kappa shape index (κ1) is 12.8. The van der Waals surface area contributed by atoms with Crippen molar-refractivity contribution in [2.75, 3.05) is 38.0 Å². The van der Waals surface area contributed by atoms with Gasteiger partial charge in [0.1, 0.15) is 5.82 Å². The molecule has 0 saturated carbocycles. The van der Waals surface area contributed by atoms with Crippen molar-refractivity contribution in [2.45, 2.75) is 0 Å². The topological polar surface area (TPSA) is 45.2 Å². The van der Waals surface area contributed by atoms with Crippen LogP contribution in [0.15, 0.2) is 18.3 Å². The maximum absolute atomic E-state index is 12.0. The number of hydrogen-bond acceptors (Lipinski definition) is 4. The molecule has 0 saturated heterocycles. The standard InChI is InChI=1S/C11H17N3OS/c1-12-10-8-9(4-5-13-10)11(15)14(2)6-7-16-3/h4-5,8H,6-7H2,1-3H3,(H,12,13). The van der Waals surface area contributed by atoms with Crippen LogP contribution in [0.3, 0.4) is 0 Å². The number of carbonyl (C=O) groups is 1. The molecule has 0 unspecified atom stereocenters. The average molecular weight is 239 g/mol. The van der Waals surface area contributed by atoms with E-state index < -0.39 is 0 Å². The molecule has 1 rings (SSSR count). The molecule has 4 nitrogen and oxygen atoms in total. The minimum Gasteiger partial charge on any atom is -0.373 e. The number of carbonyl (C=O) groups excluding carboxylic acids is 1. The minimum atomic E-state index is 0.0351. The Morgan fingerprint density at radius 2 is 2.38 bits per heavy atom. The van der Waals surface area contributed by atoms with Gasteiger partial charge in [0.05, 0.1) is 0 Å². The summed E-state index contributed by atoms with van der Waals surface area (Å²) in [5, 5.41) is 2.92. The first-order valence-corrected chi connectivity index (χ1v) is 6.46. The van der Waals surface area contributed by atoms with Crippen LogP contribution in [0.5, 0.6) is 0 Å². The number of rotatable bonds is 5. The molecule has 0 aromatic carbocycles. The second-order valence-corrected chi connectivity index (χ2v) is 4.38. The fourth-order valence-electron chi connectivity index (χ4n) is 1.25. The largest absolute Gasteiger partial charge is 0.373 e. The van der Waals surface area contributed by atoms with E-state index in [2.05, 4.69) is 10.3 Å². The average Bonchev–Trinajstić information content (AvgIpc) is 2.35. The van der Waals surface area contributed by atoms with E-state index in [0.717, 1.165) is 12.3 Å². The van der Waals surface area contributed by atoms with Crippen molar-refractivity contribution < 1.29 is 4.79 Å². The lowest BCUT2D eigenvalue weighted by atomic mass is 10.2. The smallest absolute Gasteiger partial charge is 0.253 e.